The molecule has 2 fully saturated rings. The molecule has 2 aliphatic carbocycles. The Kier molecular flexibility index (Phi) is 3.91. The molecule has 4 rings (SSSR count). The summed E-state index contributed by atoms with van der Waals surface area (Å²) < 4.78 is 0. The second kappa shape index (κ2) is 6.08. The Bertz CT molecular complexity index is 740. The SMILES string of the molecule is Cc1ccc(NC(=O)C2[C@H]3CCC[C@@H]2C3c2ccccc2)cc1C. The smallest absolute Gasteiger partial charge is 0.228 e. The number of fused-ring (bicyclic) bond motifs is 2. The Balaban J connectivity index is 1.51. The maximum atomic E-state index is 12.9. The number of benzene rings is 2. The van der Waals surface area contributed by atoms with Crippen molar-refractivity contribution in [1.29, 1.82) is 0 Å². The average Bonchev–Trinajstić information content (AvgIpc) is 2.60. The molecule has 0 saturated heterocycles. The Morgan fingerprint density at radius 2 is 1.67 bits per heavy atom. The van der Waals surface area contributed by atoms with Crippen LogP contribution in [0.4, 0.5) is 5.69 Å². The van der Waals surface area contributed by atoms with E-state index in [1.54, 1.807) is 0 Å². The minimum Gasteiger partial charge on any atom is -0.326 e. The highest BCUT2D eigenvalue weighted by Crippen LogP contribution is 2.60. The predicted molar refractivity (Wildman–Crippen MR) is 98.0 cm³/mol. The van der Waals surface area contributed by atoms with Crippen LogP contribution in [-0.2, 0) is 4.79 Å². The first-order chi connectivity index (χ1) is 11.6. The van der Waals surface area contributed by atoms with Gasteiger partial charge in [0, 0.05) is 11.6 Å². The van der Waals surface area contributed by atoms with Gasteiger partial charge in [-0.25, -0.2) is 0 Å². The lowest BCUT2D eigenvalue weighted by Crippen LogP contribution is -2.53. The summed E-state index contributed by atoms with van der Waals surface area (Å²) in [5, 5.41) is 3.17. The summed E-state index contributed by atoms with van der Waals surface area (Å²) in [6.45, 7) is 4.19. The highest BCUT2D eigenvalue weighted by molar-refractivity contribution is 5.94. The topological polar surface area (TPSA) is 29.1 Å². The molecule has 2 bridgehead atoms. The Labute approximate surface area is 144 Å². The molecular formula is C22H25NO. The van der Waals surface area contributed by atoms with Gasteiger partial charge in [-0.1, -0.05) is 42.8 Å². The van der Waals surface area contributed by atoms with Gasteiger partial charge in [0.25, 0.3) is 0 Å². The molecule has 0 aromatic heterocycles. The molecule has 2 aromatic rings. The predicted octanol–water partition coefficient (Wildman–Crippen LogP) is 5.07. The van der Waals surface area contributed by atoms with E-state index >= 15 is 0 Å². The van der Waals surface area contributed by atoms with Crippen molar-refractivity contribution in [3.8, 4) is 0 Å². The number of carbonyl (C=O) groups excluding carboxylic acids is 1. The Hall–Kier alpha value is -2.09. The lowest BCUT2D eigenvalue weighted by atomic mass is 9.48. The standard InChI is InChI=1S/C22H25NO/c1-14-11-12-17(13-15(14)2)23-22(24)21-18-9-6-10-19(21)20(18)16-7-4-3-5-8-16/h3-5,7-8,11-13,18-21H,6,9-10H2,1-2H3,(H,23,24)/t18-,19+,20?,21?. The van der Waals surface area contributed by atoms with E-state index in [2.05, 4.69) is 61.6 Å². The van der Waals surface area contributed by atoms with E-state index in [0.29, 0.717) is 17.8 Å². The molecule has 0 aliphatic heterocycles. The van der Waals surface area contributed by atoms with Crippen LogP contribution in [0, 0.1) is 31.6 Å². The van der Waals surface area contributed by atoms with Crippen LogP contribution in [0.25, 0.3) is 0 Å². The van der Waals surface area contributed by atoms with Gasteiger partial charge in [-0.05, 0) is 73.3 Å². The van der Waals surface area contributed by atoms with Crippen molar-refractivity contribution in [3.63, 3.8) is 0 Å². The van der Waals surface area contributed by atoms with Crippen LogP contribution >= 0.6 is 0 Å². The molecule has 0 spiro atoms. The number of rotatable bonds is 3. The molecule has 2 nitrogen and oxygen atoms in total. The Morgan fingerprint density at radius 3 is 2.33 bits per heavy atom. The van der Waals surface area contributed by atoms with Gasteiger partial charge < -0.3 is 5.32 Å². The third kappa shape index (κ3) is 2.54. The van der Waals surface area contributed by atoms with Gasteiger partial charge in [0.15, 0.2) is 0 Å². The third-order valence-electron chi connectivity index (χ3n) is 6.18. The summed E-state index contributed by atoms with van der Waals surface area (Å²) in [5.74, 6) is 2.01. The fourth-order valence-corrected chi connectivity index (χ4v) is 4.85. The van der Waals surface area contributed by atoms with Gasteiger partial charge >= 0.3 is 0 Å². The van der Waals surface area contributed by atoms with Gasteiger partial charge in [-0.2, -0.15) is 0 Å². The number of hydrogen-bond donors (Lipinski definition) is 1. The molecule has 2 aromatic carbocycles. The Morgan fingerprint density at radius 1 is 0.958 bits per heavy atom. The van der Waals surface area contributed by atoms with E-state index < -0.39 is 0 Å². The van der Waals surface area contributed by atoms with Crippen molar-refractivity contribution in [2.75, 3.05) is 5.32 Å². The van der Waals surface area contributed by atoms with Crippen LogP contribution in [-0.4, -0.2) is 5.91 Å². The highest BCUT2D eigenvalue weighted by Gasteiger charge is 2.55. The molecule has 1 amide bonds. The maximum absolute atomic E-state index is 12.9. The minimum absolute atomic E-state index is 0.186. The molecule has 1 N–H and O–H groups in total. The summed E-state index contributed by atoms with van der Waals surface area (Å²) >= 11 is 0. The largest absolute Gasteiger partial charge is 0.326 e. The molecule has 4 atom stereocenters. The van der Waals surface area contributed by atoms with Gasteiger partial charge in [0.1, 0.15) is 0 Å². The quantitative estimate of drug-likeness (QED) is 0.840. The summed E-state index contributed by atoms with van der Waals surface area (Å²) in [6.07, 6.45) is 3.63. The van der Waals surface area contributed by atoms with E-state index in [1.165, 1.54) is 36.0 Å². The van der Waals surface area contributed by atoms with Crippen molar-refractivity contribution >= 4 is 11.6 Å². The van der Waals surface area contributed by atoms with Crippen LogP contribution in [0.2, 0.25) is 0 Å². The number of amides is 1. The van der Waals surface area contributed by atoms with Crippen LogP contribution in [0.5, 0.6) is 0 Å². The van der Waals surface area contributed by atoms with Crippen LogP contribution in [0.1, 0.15) is 41.9 Å². The molecule has 24 heavy (non-hydrogen) atoms. The van der Waals surface area contributed by atoms with E-state index in [4.69, 9.17) is 0 Å². The molecule has 0 heterocycles. The lowest BCUT2D eigenvalue weighted by Gasteiger charge is -2.55. The van der Waals surface area contributed by atoms with Crippen molar-refractivity contribution in [2.24, 2.45) is 17.8 Å². The van der Waals surface area contributed by atoms with Gasteiger partial charge in [-0.3, -0.25) is 4.79 Å². The number of anilines is 1. The number of aryl methyl sites for hydroxylation is 2. The molecule has 124 valence electrons. The van der Waals surface area contributed by atoms with Crippen LogP contribution in [0.15, 0.2) is 48.5 Å². The number of nitrogens with one attached hydrogen (secondary N) is 1. The number of hydrogen-bond acceptors (Lipinski definition) is 1. The third-order valence-corrected chi connectivity index (χ3v) is 6.18. The molecule has 2 saturated carbocycles. The summed E-state index contributed by atoms with van der Waals surface area (Å²) in [5.41, 5.74) is 4.84. The minimum atomic E-state index is 0.186. The summed E-state index contributed by atoms with van der Waals surface area (Å²) in [6, 6.07) is 16.9. The monoisotopic (exact) mass is 319 g/mol. The van der Waals surface area contributed by atoms with Gasteiger partial charge in [-0.15, -0.1) is 0 Å². The summed E-state index contributed by atoms with van der Waals surface area (Å²) in [7, 11) is 0. The highest BCUT2D eigenvalue weighted by atomic mass is 16.2. The van der Waals surface area contributed by atoms with E-state index in [9.17, 15) is 4.79 Å². The first-order valence-corrected chi connectivity index (χ1v) is 9.08. The van der Waals surface area contributed by atoms with Crippen molar-refractivity contribution in [2.45, 2.75) is 39.0 Å². The normalized spacial score (nSPS) is 28.1. The van der Waals surface area contributed by atoms with Gasteiger partial charge in [0.2, 0.25) is 5.91 Å². The zero-order chi connectivity index (χ0) is 16.7. The zero-order valence-electron chi connectivity index (χ0n) is 14.5. The molecule has 2 heteroatoms. The first-order valence-electron chi connectivity index (χ1n) is 9.08. The second-order valence-electron chi connectivity index (χ2n) is 7.51. The molecular weight excluding hydrogens is 294 g/mol. The van der Waals surface area contributed by atoms with E-state index in [1.807, 2.05) is 6.07 Å². The van der Waals surface area contributed by atoms with E-state index in [-0.39, 0.29) is 11.8 Å². The lowest BCUT2D eigenvalue weighted by molar-refractivity contribution is -0.135. The van der Waals surface area contributed by atoms with Crippen LogP contribution in [0.3, 0.4) is 0 Å². The van der Waals surface area contributed by atoms with Crippen molar-refractivity contribution in [1.82, 2.24) is 0 Å². The second-order valence-corrected chi connectivity index (χ2v) is 7.51. The zero-order valence-corrected chi connectivity index (χ0v) is 14.5. The van der Waals surface area contributed by atoms with Crippen molar-refractivity contribution in [3.05, 3.63) is 65.2 Å². The van der Waals surface area contributed by atoms with Gasteiger partial charge in [0.05, 0.1) is 0 Å². The molecule has 2 unspecified atom stereocenters. The molecule has 2 aliphatic rings. The summed E-state index contributed by atoms with van der Waals surface area (Å²) in [4.78, 5) is 12.9. The first kappa shape index (κ1) is 15.4. The van der Waals surface area contributed by atoms with Crippen molar-refractivity contribution < 1.29 is 4.79 Å². The van der Waals surface area contributed by atoms with Crippen LogP contribution < -0.4 is 5.32 Å². The maximum Gasteiger partial charge on any atom is 0.228 e. The number of carbonyl (C=O) groups is 1. The fourth-order valence-electron chi connectivity index (χ4n) is 4.85. The fraction of sp³-hybridized carbons (Fsp3) is 0.409. The van der Waals surface area contributed by atoms with E-state index in [0.717, 1.165) is 5.69 Å². The average molecular weight is 319 g/mol. The molecule has 0 radical (unpaired) electrons.